The molecule has 0 aliphatic carbocycles. The molecule has 0 unspecified atom stereocenters. The summed E-state index contributed by atoms with van der Waals surface area (Å²) in [5.74, 6) is -1.10. The lowest BCUT2D eigenvalue weighted by Crippen LogP contribution is -2.48. The van der Waals surface area contributed by atoms with Crippen molar-refractivity contribution < 1.29 is 19.4 Å². The maximum absolute atomic E-state index is 12.3. The lowest BCUT2D eigenvalue weighted by molar-refractivity contribution is -0.309. The van der Waals surface area contributed by atoms with E-state index in [9.17, 15) is 14.7 Å². The molecule has 1 aliphatic heterocycles. The summed E-state index contributed by atoms with van der Waals surface area (Å²) in [5, 5.41) is 10.9. The first-order valence-corrected chi connectivity index (χ1v) is 8.18. The van der Waals surface area contributed by atoms with Crippen molar-refractivity contribution in [2.24, 2.45) is 0 Å². The maximum Gasteiger partial charge on any atom is 0.266 e. The number of hydrogen-bond acceptors (Lipinski definition) is 6. The summed E-state index contributed by atoms with van der Waals surface area (Å²) in [6.45, 7) is 1.37. The van der Waals surface area contributed by atoms with Crippen LogP contribution in [-0.4, -0.2) is 34.2 Å². The molecular formula is C14H11BrNO4S2-. The van der Waals surface area contributed by atoms with Crippen LogP contribution in [0.5, 0.6) is 5.75 Å². The van der Waals surface area contributed by atoms with Crippen LogP contribution in [0.4, 0.5) is 0 Å². The Hall–Kier alpha value is -1.38. The van der Waals surface area contributed by atoms with Gasteiger partial charge < -0.3 is 14.6 Å². The van der Waals surface area contributed by atoms with E-state index in [0.717, 1.165) is 26.7 Å². The van der Waals surface area contributed by atoms with Crippen LogP contribution in [0.25, 0.3) is 6.08 Å². The lowest BCUT2D eigenvalue weighted by atomic mass is 10.2. The Morgan fingerprint density at radius 3 is 2.77 bits per heavy atom. The van der Waals surface area contributed by atoms with Crippen LogP contribution in [0, 0.1) is 0 Å². The van der Waals surface area contributed by atoms with Gasteiger partial charge in [0.25, 0.3) is 5.91 Å². The minimum absolute atomic E-state index is 0.209. The maximum atomic E-state index is 12.3. The van der Waals surface area contributed by atoms with Gasteiger partial charge in [0, 0.05) is 0 Å². The molecule has 116 valence electrons. The summed E-state index contributed by atoms with van der Waals surface area (Å²) in [4.78, 5) is 24.7. The Morgan fingerprint density at radius 2 is 2.23 bits per heavy atom. The van der Waals surface area contributed by atoms with Gasteiger partial charge >= 0.3 is 0 Å². The Balaban J connectivity index is 2.30. The van der Waals surface area contributed by atoms with E-state index in [0.29, 0.717) is 10.7 Å². The average Bonchev–Trinajstić information content (AvgIpc) is 2.73. The number of halogens is 1. The Labute approximate surface area is 145 Å². The molecule has 0 aromatic heterocycles. The number of benzene rings is 1. The zero-order valence-corrected chi connectivity index (χ0v) is 14.9. The van der Waals surface area contributed by atoms with E-state index in [1.54, 1.807) is 31.4 Å². The molecule has 8 heteroatoms. The predicted molar refractivity (Wildman–Crippen MR) is 90.2 cm³/mol. The molecule has 1 fully saturated rings. The number of nitrogens with zero attached hydrogens (tertiary/aromatic N) is 1. The van der Waals surface area contributed by atoms with Crippen LogP contribution < -0.4 is 9.84 Å². The molecule has 1 saturated heterocycles. The number of carbonyl (C=O) groups is 2. The molecule has 1 atom stereocenters. The number of amides is 1. The fourth-order valence-corrected chi connectivity index (χ4v) is 3.82. The van der Waals surface area contributed by atoms with Gasteiger partial charge in [0.15, 0.2) is 0 Å². The highest BCUT2D eigenvalue weighted by atomic mass is 79.9. The van der Waals surface area contributed by atoms with E-state index in [4.69, 9.17) is 17.0 Å². The number of rotatable bonds is 4. The number of carboxylic acid groups (broad SMARTS) is 1. The first-order valence-electron chi connectivity index (χ1n) is 6.16. The molecule has 0 bridgehead atoms. The summed E-state index contributed by atoms with van der Waals surface area (Å²) in [6, 6.07) is 4.26. The standard InChI is InChI=1S/C14H12BrNO4S2/c1-7(13(18)19)16-12(17)11(22-14(16)21)6-8-3-4-10(20-2)9(15)5-8/h3-7H,1-2H3,(H,18,19)/p-1/t7-/m1/s1. The summed E-state index contributed by atoms with van der Waals surface area (Å²) >= 11 is 9.52. The average molecular weight is 401 g/mol. The van der Waals surface area contributed by atoms with Gasteiger partial charge in [-0.25, -0.2) is 0 Å². The lowest BCUT2D eigenvalue weighted by Gasteiger charge is -2.23. The highest BCUT2D eigenvalue weighted by molar-refractivity contribution is 9.10. The summed E-state index contributed by atoms with van der Waals surface area (Å²) in [6.07, 6.45) is 1.66. The number of methoxy groups -OCH3 is 1. The summed E-state index contributed by atoms with van der Waals surface area (Å²) in [7, 11) is 1.56. The van der Waals surface area contributed by atoms with E-state index in [-0.39, 0.29) is 4.32 Å². The Kier molecular flexibility index (Phi) is 5.25. The van der Waals surface area contributed by atoms with Crippen molar-refractivity contribution in [1.29, 1.82) is 0 Å². The molecule has 5 nitrogen and oxygen atoms in total. The largest absolute Gasteiger partial charge is 0.548 e. The van der Waals surface area contributed by atoms with Crippen molar-refractivity contribution in [1.82, 2.24) is 4.90 Å². The van der Waals surface area contributed by atoms with E-state index in [1.807, 2.05) is 0 Å². The van der Waals surface area contributed by atoms with Gasteiger partial charge in [-0.2, -0.15) is 0 Å². The number of carbonyl (C=O) groups excluding carboxylic acids is 2. The van der Waals surface area contributed by atoms with Crippen LogP contribution >= 0.6 is 39.9 Å². The molecular weight excluding hydrogens is 390 g/mol. The number of ether oxygens (including phenoxy) is 1. The molecule has 1 heterocycles. The number of thiocarbonyl (C=S) groups is 1. The number of hydrogen-bond donors (Lipinski definition) is 0. The van der Waals surface area contributed by atoms with Gasteiger partial charge in [0.05, 0.1) is 28.5 Å². The van der Waals surface area contributed by atoms with E-state index < -0.39 is 17.9 Å². The van der Waals surface area contributed by atoms with Crippen LogP contribution in [0.2, 0.25) is 0 Å². The van der Waals surface area contributed by atoms with Gasteiger partial charge in [-0.1, -0.05) is 30.0 Å². The summed E-state index contributed by atoms with van der Waals surface area (Å²) < 4.78 is 6.10. The molecule has 22 heavy (non-hydrogen) atoms. The van der Waals surface area contributed by atoms with Gasteiger partial charge in [-0.15, -0.1) is 0 Å². The highest BCUT2D eigenvalue weighted by Gasteiger charge is 2.35. The van der Waals surface area contributed by atoms with Crippen molar-refractivity contribution in [2.75, 3.05) is 7.11 Å². The normalized spacial score (nSPS) is 18.0. The molecule has 1 aliphatic rings. The third-order valence-corrected chi connectivity index (χ3v) is 4.98. The topological polar surface area (TPSA) is 69.7 Å². The van der Waals surface area contributed by atoms with Gasteiger partial charge in [0.2, 0.25) is 0 Å². The van der Waals surface area contributed by atoms with Crippen LogP contribution in [0.15, 0.2) is 27.6 Å². The Morgan fingerprint density at radius 1 is 1.55 bits per heavy atom. The van der Waals surface area contributed by atoms with Crippen LogP contribution in [-0.2, 0) is 9.59 Å². The molecule has 0 N–H and O–H groups in total. The van der Waals surface area contributed by atoms with Crippen LogP contribution in [0.1, 0.15) is 12.5 Å². The van der Waals surface area contributed by atoms with E-state index in [2.05, 4.69) is 15.9 Å². The second-order valence-electron chi connectivity index (χ2n) is 4.44. The van der Waals surface area contributed by atoms with Crippen molar-refractivity contribution in [2.45, 2.75) is 13.0 Å². The number of aliphatic carboxylic acids is 1. The molecule has 1 aromatic rings. The molecule has 1 amide bonds. The van der Waals surface area contributed by atoms with E-state index >= 15 is 0 Å². The van der Waals surface area contributed by atoms with Gasteiger partial charge in [-0.05, 0) is 46.6 Å². The zero-order chi connectivity index (χ0) is 16.4. The smallest absolute Gasteiger partial charge is 0.266 e. The third kappa shape index (κ3) is 3.34. The zero-order valence-electron chi connectivity index (χ0n) is 11.7. The molecule has 0 radical (unpaired) electrons. The monoisotopic (exact) mass is 400 g/mol. The van der Waals surface area contributed by atoms with Gasteiger partial charge in [0.1, 0.15) is 10.1 Å². The first kappa shape index (κ1) is 17.0. The van der Waals surface area contributed by atoms with Crippen molar-refractivity contribution in [3.63, 3.8) is 0 Å². The minimum atomic E-state index is -1.34. The van der Waals surface area contributed by atoms with Crippen molar-refractivity contribution in [3.05, 3.63) is 33.1 Å². The minimum Gasteiger partial charge on any atom is -0.548 e. The SMILES string of the molecule is COc1ccc(C=C2SC(=S)N([C@H](C)C(=O)[O-])C2=O)cc1Br. The fourth-order valence-electron chi connectivity index (χ4n) is 1.84. The molecule has 0 spiro atoms. The van der Waals surface area contributed by atoms with Crippen molar-refractivity contribution in [3.8, 4) is 5.75 Å². The predicted octanol–water partition coefficient (Wildman–Crippen LogP) is 1.80. The van der Waals surface area contributed by atoms with Crippen molar-refractivity contribution >= 4 is 62.2 Å². The molecule has 1 aromatic carbocycles. The first-order chi connectivity index (χ1) is 10.3. The highest BCUT2D eigenvalue weighted by Crippen LogP contribution is 2.35. The second kappa shape index (κ2) is 6.80. The number of thioether (sulfide) groups is 1. The van der Waals surface area contributed by atoms with Crippen LogP contribution in [0.3, 0.4) is 0 Å². The van der Waals surface area contributed by atoms with Gasteiger partial charge in [-0.3, -0.25) is 9.69 Å². The van der Waals surface area contributed by atoms with E-state index in [1.165, 1.54) is 6.92 Å². The summed E-state index contributed by atoms with van der Waals surface area (Å²) in [5.41, 5.74) is 0.772. The molecule has 0 saturated carbocycles. The fraction of sp³-hybridized carbons (Fsp3) is 0.214. The third-order valence-electron chi connectivity index (χ3n) is 3.03. The second-order valence-corrected chi connectivity index (χ2v) is 6.97. The Bertz CT molecular complexity index is 689. The quantitative estimate of drug-likeness (QED) is 0.566. The molecule has 2 rings (SSSR count). The number of carboxylic acids is 1.